The summed E-state index contributed by atoms with van der Waals surface area (Å²) in [4.78, 5) is 7.99. The van der Waals surface area contributed by atoms with Gasteiger partial charge in [-0.3, -0.25) is 0 Å². The van der Waals surface area contributed by atoms with E-state index in [0.717, 1.165) is 12.2 Å². The first-order valence-corrected chi connectivity index (χ1v) is 4.83. The number of hydrogen-bond acceptors (Lipinski definition) is 3. The van der Waals surface area contributed by atoms with Gasteiger partial charge in [0.25, 0.3) is 0 Å². The molecular weight excluding hydrogens is 188 g/mol. The summed E-state index contributed by atoms with van der Waals surface area (Å²) in [7, 11) is 0. The highest BCUT2D eigenvalue weighted by atomic mass is 16.5. The molecule has 1 aromatic rings. The Bertz CT molecular complexity index is 419. The summed E-state index contributed by atoms with van der Waals surface area (Å²) in [5.74, 6) is 0.762. The van der Waals surface area contributed by atoms with Crippen LogP contribution in [-0.2, 0) is 0 Å². The molecule has 0 atom stereocenters. The number of hydrogen-bond donors (Lipinski definition) is 0. The maximum absolute atomic E-state index is 5.49. The highest BCUT2D eigenvalue weighted by Crippen LogP contribution is 2.12. The standard InChI is InChI=1S/C12H12N2O/c1-10-4-2-5-11(7-6-10)15-12-13-8-3-9-14-12/h2-3,5-9H,4H2,1H3. The van der Waals surface area contributed by atoms with Crippen LogP contribution in [0.1, 0.15) is 13.3 Å². The van der Waals surface area contributed by atoms with Crippen LogP contribution in [0.25, 0.3) is 0 Å². The number of nitrogens with zero attached hydrogens (tertiary/aromatic N) is 2. The number of ether oxygens (including phenoxy) is 1. The summed E-state index contributed by atoms with van der Waals surface area (Å²) >= 11 is 0. The molecule has 15 heavy (non-hydrogen) atoms. The van der Waals surface area contributed by atoms with Crippen molar-refractivity contribution in [1.82, 2.24) is 9.97 Å². The lowest BCUT2D eigenvalue weighted by Crippen LogP contribution is -1.95. The summed E-state index contributed by atoms with van der Waals surface area (Å²) < 4.78 is 5.49. The van der Waals surface area contributed by atoms with Crippen LogP contribution in [0.15, 0.2) is 54.1 Å². The second kappa shape index (κ2) is 4.55. The van der Waals surface area contributed by atoms with Crippen molar-refractivity contribution in [2.45, 2.75) is 13.3 Å². The van der Waals surface area contributed by atoms with E-state index >= 15 is 0 Å². The molecule has 0 aromatic carbocycles. The molecule has 0 N–H and O–H groups in total. The van der Waals surface area contributed by atoms with Crippen LogP contribution in [0.2, 0.25) is 0 Å². The third kappa shape index (κ3) is 2.77. The summed E-state index contributed by atoms with van der Waals surface area (Å²) in [6.07, 6.45) is 12.2. The first-order chi connectivity index (χ1) is 7.34. The largest absolute Gasteiger partial charge is 0.424 e. The van der Waals surface area contributed by atoms with Gasteiger partial charge in [-0.2, -0.15) is 0 Å². The minimum atomic E-state index is 0.376. The minimum Gasteiger partial charge on any atom is -0.424 e. The molecule has 3 heteroatoms. The van der Waals surface area contributed by atoms with Gasteiger partial charge in [-0.05, 0) is 31.6 Å². The van der Waals surface area contributed by atoms with E-state index in [1.807, 2.05) is 18.2 Å². The minimum absolute atomic E-state index is 0.376. The Morgan fingerprint density at radius 3 is 2.80 bits per heavy atom. The third-order valence-electron chi connectivity index (χ3n) is 2.01. The number of rotatable bonds is 2. The number of aromatic nitrogens is 2. The molecule has 3 nitrogen and oxygen atoms in total. The summed E-state index contributed by atoms with van der Waals surface area (Å²) in [6.45, 7) is 2.09. The highest BCUT2D eigenvalue weighted by molar-refractivity contribution is 5.28. The van der Waals surface area contributed by atoms with Gasteiger partial charge in [0.15, 0.2) is 0 Å². The molecule has 0 amide bonds. The van der Waals surface area contributed by atoms with Crippen molar-refractivity contribution in [3.63, 3.8) is 0 Å². The lowest BCUT2D eigenvalue weighted by atomic mass is 10.2. The Balaban J connectivity index is 2.13. The van der Waals surface area contributed by atoms with E-state index in [2.05, 4.69) is 23.0 Å². The van der Waals surface area contributed by atoms with Gasteiger partial charge in [0.1, 0.15) is 5.76 Å². The topological polar surface area (TPSA) is 35.0 Å². The predicted molar refractivity (Wildman–Crippen MR) is 58.3 cm³/mol. The monoisotopic (exact) mass is 200 g/mol. The summed E-state index contributed by atoms with van der Waals surface area (Å²) in [5.41, 5.74) is 1.30. The SMILES string of the molecule is CC1=CC=C(Oc2ncccn2)C=CC1. The Hall–Kier alpha value is -1.90. The molecule has 0 spiro atoms. The molecule has 0 radical (unpaired) electrons. The zero-order chi connectivity index (χ0) is 10.5. The van der Waals surface area contributed by atoms with Crippen LogP contribution in [0.3, 0.4) is 0 Å². The van der Waals surface area contributed by atoms with Crippen molar-refractivity contribution < 1.29 is 4.74 Å². The van der Waals surface area contributed by atoms with Gasteiger partial charge in [0.05, 0.1) is 0 Å². The van der Waals surface area contributed by atoms with Gasteiger partial charge < -0.3 is 4.74 Å². The van der Waals surface area contributed by atoms with Crippen molar-refractivity contribution in [2.75, 3.05) is 0 Å². The normalized spacial score (nSPS) is 15.3. The van der Waals surface area contributed by atoms with Gasteiger partial charge in [0, 0.05) is 12.4 Å². The van der Waals surface area contributed by atoms with Crippen molar-refractivity contribution in [1.29, 1.82) is 0 Å². The summed E-state index contributed by atoms with van der Waals surface area (Å²) in [5, 5.41) is 0. The Morgan fingerprint density at radius 2 is 2.00 bits per heavy atom. The second-order valence-electron chi connectivity index (χ2n) is 3.32. The molecule has 2 rings (SSSR count). The molecule has 0 fully saturated rings. The molecular formula is C12H12N2O. The van der Waals surface area contributed by atoms with Crippen LogP contribution < -0.4 is 4.74 Å². The van der Waals surface area contributed by atoms with Gasteiger partial charge in [0.2, 0.25) is 0 Å². The Kier molecular flexibility index (Phi) is 2.93. The Morgan fingerprint density at radius 1 is 1.20 bits per heavy atom. The maximum Gasteiger partial charge on any atom is 0.321 e. The zero-order valence-corrected chi connectivity index (χ0v) is 8.55. The van der Waals surface area contributed by atoms with Crippen LogP contribution in [0.4, 0.5) is 0 Å². The van der Waals surface area contributed by atoms with E-state index in [9.17, 15) is 0 Å². The zero-order valence-electron chi connectivity index (χ0n) is 8.55. The van der Waals surface area contributed by atoms with Gasteiger partial charge in [-0.1, -0.05) is 17.7 Å². The molecule has 0 saturated heterocycles. The van der Waals surface area contributed by atoms with Crippen LogP contribution in [0, 0.1) is 0 Å². The van der Waals surface area contributed by atoms with E-state index in [1.165, 1.54) is 5.57 Å². The molecule has 0 unspecified atom stereocenters. The average Bonchev–Trinajstić information content (AvgIpc) is 2.46. The fraction of sp³-hybridized carbons (Fsp3) is 0.167. The van der Waals surface area contributed by atoms with Crippen molar-refractivity contribution in [2.24, 2.45) is 0 Å². The van der Waals surface area contributed by atoms with E-state index < -0.39 is 0 Å². The first-order valence-electron chi connectivity index (χ1n) is 4.83. The smallest absolute Gasteiger partial charge is 0.321 e. The van der Waals surface area contributed by atoms with Crippen LogP contribution in [0.5, 0.6) is 6.01 Å². The molecule has 1 aromatic heterocycles. The van der Waals surface area contributed by atoms with Crippen LogP contribution in [-0.4, -0.2) is 9.97 Å². The second-order valence-corrected chi connectivity index (χ2v) is 3.32. The third-order valence-corrected chi connectivity index (χ3v) is 2.01. The predicted octanol–water partition coefficient (Wildman–Crippen LogP) is 2.65. The maximum atomic E-state index is 5.49. The van der Waals surface area contributed by atoms with Gasteiger partial charge >= 0.3 is 6.01 Å². The lowest BCUT2D eigenvalue weighted by Gasteiger charge is -2.01. The van der Waals surface area contributed by atoms with E-state index in [4.69, 9.17) is 4.74 Å². The molecule has 1 heterocycles. The van der Waals surface area contributed by atoms with E-state index in [0.29, 0.717) is 6.01 Å². The molecule has 0 bridgehead atoms. The van der Waals surface area contributed by atoms with Crippen molar-refractivity contribution >= 4 is 0 Å². The van der Waals surface area contributed by atoms with Gasteiger partial charge in [-0.15, -0.1) is 0 Å². The molecule has 0 aliphatic heterocycles. The van der Waals surface area contributed by atoms with Gasteiger partial charge in [-0.25, -0.2) is 9.97 Å². The van der Waals surface area contributed by atoms with E-state index in [-0.39, 0.29) is 0 Å². The summed E-state index contributed by atoms with van der Waals surface area (Å²) in [6, 6.07) is 2.13. The number of allylic oxidation sites excluding steroid dienone is 5. The fourth-order valence-electron chi connectivity index (χ4n) is 1.22. The Labute approximate surface area is 88.8 Å². The van der Waals surface area contributed by atoms with E-state index in [1.54, 1.807) is 18.5 Å². The molecule has 1 aliphatic rings. The molecule has 1 aliphatic carbocycles. The first kappa shape index (κ1) is 9.65. The van der Waals surface area contributed by atoms with Crippen molar-refractivity contribution in [3.8, 4) is 6.01 Å². The van der Waals surface area contributed by atoms with Crippen molar-refractivity contribution in [3.05, 3.63) is 54.1 Å². The highest BCUT2D eigenvalue weighted by Gasteiger charge is 2.00. The molecule has 0 saturated carbocycles. The molecule has 76 valence electrons. The fourth-order valence-corrected chi connectivity index (χ4v) is 1.22. The average molecular weight is 200 g/mol. The van der Waals surface area contributed by atoms with Crippen LogP contribution >= 0.6 is 0 Å². The lowest BCUT2D eigenvalue weighted by molar-refractivity contribution is 0.407. The quantitative estimate of drug-likeness (QED) is 0.736.